The molecule has 1 fully saturated rings. The van der Waals surface area contributed by atoms with Crippen molar-refractivity contribution in [1.82, 2.24) is 15.2 Å². The largest absolute Gasteiger partial charge is 0.464 e. The lowest BCUT2D eigenvalue weighted by Gasteiger charge is -2.25. The van der Waals surface area contributed by atoms with Gasteiger partial charge in [-0.1, -0.05) is 6.07 Å². The first-order valence-corrected chi connectivity index (χ1v) is 7.65. The predicted octanol–water partition coefficient (Wildman–Crippen LogP) is 2.60. The van der Waals surface area contributed by atoms with E-state index in [1.165, 1.54) is 0 Å². The second kappa shape index (κ2) is 6.46. The smallest absolute Gasteiger partial charge is 0.170 e. The summed E-state index contributed by atoms with van der Waals surface area (Å²) < 4.78 is 11.1. The highest BCUT2D eigenvalue weighted by atomic mass is 32.1. The average molecular weight is 317 g/mol. The third-order valence-corrected chi connectivity index (χ3v) is 4.14. The highest BCUT2D eigenvalue weighted by Gasteiger charge is 2.41. The number of furan rings is 1. The third-order valence-electron chi connectivity index (χ3n) is 3.79. The second-order valence-electron chi connectivity index (χ2n) is 5.26. The van der Waals surface area contributed by atoms with E-state index < -0.39 is 0 Å². The van der Waals surface area contributed by atoms with Crippen molar-refractivity contribution in [3.8, 4) is 0 Å². The summed E-state index contributed by atoms with van der Waals surface area (Å²) >= 11 is 5.50. The zero-order valence-corrected chi connectivity index (χ0v) is 13.5. The molecular formula is C16H19N3O2S. The molecule has 2 aromatic heterocycles. The number of nitrogens with zero attached hydrogens (tertiary/aromatic N) is 2. The number of nitrogens with one attached hydrogen (secondary N) is 1. The SMILES string of the molecule is COCCN1C(=S)N[C@H](c2ccccn2)[C@H]1c1ccc(C)o1. The lowest BCUT2D eigenvalue weighted by Crippen LogP contribution is -2.32. The number of aromatic nitrogens is 1. The number of aryl methyl sites for hydroxylation is 1. The topological polar surface area (TPSA) is 50.5 Å². The number of hydrogen-bond donors (Lipinski definition) is 1. The van der Waals surface area contributed by atoms with Gasteiger partial charge in [0.05, 0.1) is 18.3 Å². The van der Waals surface area contributed by atoms with Gasteiger partial charge in [-0.25, -0.2) is 0 Å². The Labute approximate surface area is 135 Å². The molecule has 5 nitrogen and oxygen atoms in total. The Balaban J connectivity index is 1.96. The van der Waals surface area contributed by atoms with Crippen LogP contribution in [0.4, 0.5) is 0 Å². The van der Waals surface area contributed by atoms with Crippen molar-refractivity contribution >= 4 is 17.3 Å². The first-order valence-electron chi connectivity index (χ1n) is 7.24. The number of thiocarbonyl (C=S) groups is 1. The van der Waals surface area contributed by atoms with Gasteiger partial charge >= 0.3 is 0 Å². The van der Waals surface area contributed by atoms with Crippen LogP contribution in [-0.2, 0) is 4.74 Å². The molecular weight excluding hydrogens is 298 g/mol. The summed E-state index contributed by atoms with van der Waals surface area (Å²) in [7, 11) is 1.69. The van der Waals surface area contributed by atoms with Crippen molar-refractivity contribution in [2.45, 2.75) is 19.0 Å². The van der Waals surface area contributed by atoms with E-state index in [1.54, 1.807) is 13.3 Å². The molecule has 116 valence electrons. The Morgan fingerprint density at radius 2 is 2.23 bits per heavy atom. The van der Waals surface area contributed by atoms with Crippen LogP contribution in [0.3, 0.4) is 0 Å². The molecule has 0 bridgehead atoms. The van der Waals surface area contributed by atoms with Crippen molar-refractivity contribution in [3.05, 3.63) is 53.7 Å². The summed E-state index contributed by atoms with van der Waals surface area (Å²) in [5.41, 5.74) is 0.948. The van der Waals surface area contributed by atoms with Gasteiger partial charge in [0.15, 0.2) is 5.11 Å². The van der Waals surface area contributed by atoms with Crippen LogP contribution in [0.1, 0.15) is 29.3 Å². The summed E-state index contributed by atoms with van der Waals surface area (Å²) in [6.45, 7) is 3.25. The van der Waals surface area contributed by atoms with Gasteiger partial charge in [0.25, 0.3) is 0 Å². The maximum Gasteiger partial charge on any atom is 0.170 e. The fourth-order valence-corrected chi connectivity index (χ4v) is 3.09. The molecule has 0 radical (unpaired) electrons. The number of pyridine rings is 1. The Bertz CT molecular complexity index is 644. The lowest BCUT2D eigenvalue weighted by molar-refractivity contribution is 0.158. The maximum absolute atomic E-state index is 5.87. The van der Waals surface area contributed by atoms with Crippen LogP contribution >= 0.6 is 12.2 Å². The first-order chi connectivity index (χ1) is 10.7. The minimum atomic E-state index is -0.0314. The summed E-state index contributed by atoms with van der Waals surface area (Å²) in [5.74, 6) is 1.77. The van der Waals surface area contributed by atoms with Gasteiger partial charge in [0.2, 0.25) is 0 Å². The molecule has 0 aromatic carbocycles. The van der Waals surface area contributed by atoms with Gasteiger partial charge in [-0.05, 0) is 43.4 Å². The molecule has 1 N–H and O–H groups in total. The van der Waals surface area contributed by atoms with Crippen LogP contribution in [0.25, 0.3) is 0 Å². The number of hydrogen-bond acceptors (Lipinski definition) is 4. The first kappa shape index (κ1) is 15.0. The summed E-state index contributed by atoms with van der Waals surface area (Å²) in [6, 6.07) is 9.82. The van der Waals surface area contributed by atoms with Crippen LogP contribution in [-0.4, -0.2) is 35.3 Å². The molecule has 0 saturated carbocycles. The average Bonchev–Trinajstić information content (AvgIpc) is 3.09. The zero-order valence-electron chi connectivity index (χ0n) is 12.7. The summed E-state index contributed by atoms with van der Waals surface area (Å²) in [5, 5.41) is 4.07. The molecule has 1 aliphatic rings. The quantitative estimate of drug-likeness (QED) is 0.856. The van der Waals surface area contributed by atoms with Crippen LogP contribution in [0, 0.1) is 6.92 Å². The minimum absolute atomic E-state index is 0.0220. The highest BCUT2D eigenvalue weighted by Crippen LogP contribution is 2.38. The van der Waals surface area contributed by atoms with E-state index in [9.17, 15) is 0 Å². The third kappa shape index (κ3) is 2.84. The molecule has 22 heavy (non-hydrogen) atoms. The van der Waals surface area contributed by atoms with Gasteiger partial charge in [0.1, 0.15) is 17.6 Å². The van der Waals surface area contributed by atoms with Crippen molar-refractivity contribution in [3.63, 3.8) is 0 Å². The lowest BCUT2D eigenvalue weighted by atomic mass is 10.0. The molecule has 2 atom stereocenters. The summed E-state index contributed by atoms with van der Waals surface area (Å²) in [6.07, 6.45) is 1.79. The normalized spacial score (nSPS) is 21.2. The summed E-state index contributed by atoms with van der Waals surface area (Å²) in [4.78, 5) is 6.58. The standard InChI is InChI=1S/C16H19N3O2S/c1-11-6-7-13(21-11)15-14(12-5-3-4-8-17-12)18-16(22)19(15)9-10-20-2/h3-8,14-15H,9-10H2,1-2H3,(H,18,22)/t14-,15-/m1/s1. The number of ether oxygens (including phenoxy) is 1. The van der Waals surface area contributed by atoms with Gasteiger partial charge in [-0.2, -0.15) is 0 Å². The van der Waals surface area contributed by atoms with Crippen molar-refractivity contribution in [1.29, 1.82) is 0 Å². The van der Waals surface area contributed by atoms with Gasteiger partial charge in [0, 0.05) is 19.9 Å². The predicted molar refractivity (Wildman–Crippen MR) is 87.5 cm³/mol. The van der Waals surface area contributed by atoms with Gasteiger partial charge in [-0.3, -0.25) is 4.98 Å². The molecule has 1 aliphatic heterocycles. The minimum Gasteiger partial charge on any atom is -0.464 e. The fourth-order valence-electron chi connectivity index (χ4n) is 2.76. The number of methoxy groups -OCH3 is 1. The molecule has 2 aromatic rings. The van der Waals surface area contributed by atoms with E-state index in [4.69, 9.17) is 21.4 Å². The van der Waals surface area contributed by atoms with E-state index in [2.05, 4.69) is 15.2 Å². The molecule has 0 spiro atoms. The van der Waals surface area contributed by atoms with Crippen LogP contribution in [0.2, 0.25) is 0 Å². The van der Waals surface area contributed by atoms with Crippen LogP contribution < -0.4 is 5.32 Å². The molecule has 0 aliphatic carbocycles. The van der Waals surface area contributed by atoms with Crippen molar-refractivity contribution in [2.75, 3.05) is 20.3 Å². The Kier molecular flexibility index (Phi) is 4.40. The second-order valence-corrected chi connectivity index (χ2v) is 5.65. The molecule has 3 heterocycles. The molecule has 6 heteroatoms. The Hall–Kier alpha value is -1.92. The maximum atomic E-state index is 5.87. The molecule has 3 rings (SSSR count). The van der Waals surface area contributed by atoms with E-state index >= 15 is 0 Å². The zero-order chi connectivity index (χ0) is 15.5. The van der Waals surface area contributed by atoms with Gasteiger partial charge in [-0.15, -0.1) is 0 Å². The monoisotopic (exact) mass is 317 g/mol. The molecule has 0 unspecified atom stereocenters. The fraction of sp³-hybridized carbons (Fsp3) is 0.375. The van der Waals surface area contributed by atoms with Crippen molar-refractivity contribution in [2.24, 2.45) is 0 Å². The molecule has 0 amide bonds. The molecule has 1 saturated heterocycles. The van der Waals surface area contributed by atoms with Crippen molar-refractivity contribution < 1.29 is 9.15 Å². The van der Waals surface area contributed by atoms with Crippen LogP contribution in [0.15, 0.2) is 40.9 Å². The Morgan fingerprint density at radius 3 is 2.86 bits per heavy atom. The van der Waals surface area contributed by atoms with E-state index in [1.807, 2.05) is 37.3 Å². The van der Waals surface area contributed by atoms with E-state index in [0.29, 0.717) is 18.3 Å². The van der Waals surface area contributed by atoms with Crippen LogP contribution in [0.5, 0.6) is 0 Å². The highest BCUT2D eigenvalue weighted by molar-refractivity contribution is 7.80. The Morgan fingerprint density at radius 1 is 1.36 bits per heavy atom. The number of rotatable bonds is 5. The van der Waals surface area contributed by atoms with E-state index in [-0.39, 0.29) is 12.1 Å². The van der Waals surface area contributed by atoms with Gasteiger partial charge < -0.3 is 19.4 Å². The van der Waals surface area contributed by atoms with E-state index in [0.717, 1.165) is 17.2 Å².